The van der Waals surface area contributed by atoms with Gasteiger partial charge in [0.25, 0.3) is 0 Å². The summed E-state index contributed by atoms with van der Waals surface area (Å²) in [4.78, 5) is 0. The van der Waals surface area contributed by atoms with E-state index < -0.39 is 0 Å². The summed E-state index contributed by atoms with van der Waals surface area (Å²) in [6.07, 6.45) is 5.71. The minimum absolute atomic E-state index is 0.129. The second kappa shape index (κ2) is 3.34. The van der Waals surface area contributed by atoms with Crippen molar-refractivity contribution in [2.75, 3.05) is 6.54 Å². The van der Waals surface area contributed by atoms with Crippen molar-refractivity contribution in [1.29, 1.82) is 0 Å². The van der Waals surface area contributed by atoms with E-state index in [1.807, 2.05) is 6.20 Å². The molecule has 1 heterocycles. The van der Waals surface area contributed by atoms with E-state index in [0.29, 0.717) is 0 Å². The molecule has 3 nitrogen and oxygen atoms in total. The van der Waals surface area contributed by atoms with Crippen LogP contribution in [-0.4, -0.2) is 16.7 Å². The van der Waals surface area contributed by atoms with E-state index in [-0.39, 0.29) is 10.8 Å². The lowest BCUT2D eigenvalue weighted by Gasteiger charge is -2.42. The van der Waals surface area contributed by atoms with Gasteiger partial charge in [-0.2, -0.15) is 5.10 Å². The maximum Gasteiger partial charge on any atom is 0.0528 e. The van der Waals surface area contributed by atoms with Crippen LogP contribution in [0.1, 0.15) is 51.3 Å². The lowest BCUT2D eigenvalue weighted by Crippen LogP contribution is -2.42. The van der Waals surface area contributed by atoms with Gasteiger partial charge in [0.2, 0.25) is 0 Å². The molecule has 0 saturated heterocycles. The third kappa shape index (κ3) is 1.59. The summed E-state index contributed by atoms with van der Waals surface area (Å²) in [6, 6.07) is 0. The van der Waals surface area contributed by atoms with Crippen LogP contribution in [0.2, 0.25) is 0 Å². The number of rotatable bonds is 2. The minimum Gasteiger partial charge on any atom is -0.330 e. The van der Waals surface area contributed by atoms with Crippen molar-refractivity contribution < 1.29 is 0 Å². The van der Waals surface area contributed by atoms with Gasteiger partial charge in [-0.25, -0.2) is 0 Å². The van der Waals surface area contributed by atoms with Gasteiger partial charge < -0.3 is 5.73 Å². The van der Waals surface area contributed by atoms with Crippen LogP contribution in [0.4, 0.5) is 0 Å². The zero-order chi connectivity index (χ0) is 11.1. The quantitative estimate of drug-likeness (QED) is 0.780. The Morgan fingerprint density at radius 1 is 1.47 bits per heavy atom. The van der Waals surface area contributed by atoms with Gasteiger partial charge in [-0.3, -0.25) is 5.10 Å². The van der Waals surface area contributed by atoms with Crippen molar-refractivity contribution in [3.63, 3.8) is 0 Å². The van der Waals surface area contributed by atoms with Gasteiger partial charge in [-0.05, 0) is 12.8 Å². The van der Waals surface area contributed by atoms with Crippen molar-refractivity contribution in [2.24, 2.45) is 5.73 Å². The lowest BCUT2D eigenvalue weighted by atomic mass is 9.63. The molecule has 84 valence electrons. The standard InChI is InChI=1S/C12H21N3/c1-11(2,3)10-9(7-14-15-10)12(8-13)5-4-6-12/h7H,4-6,8,13H2,1-3H3,(H,14,15). The molecule has 0 amide bonds. The third-order valence-corrected chi connectivity index (χ3v) is 3.66. The van der Waals surface area contributed by atoms with Crippen molar-refractivity contribution >= 4 is 0 Å². The lowest BCUT2D eigenvalue weighted by molar-refractivity contribution is 0.248. The van der Waals surface area contributed by atoms with Gasteiger partial charge in [0.15, 0.2) is 0 Å². The molecule has 3 N–H and O–H groups in total. The zero-order valence-electron chi connectivity index (χ0n) is 9.93. The van der Waals surface area contributed by atoms with E-state index in [2.05, 4.69) is 31.0 Å². The Kier molecular flexibility index (Phi) is 2.38. The maximum absolute atomic E-state index is 5.93. The van der Waals surface area contributed by atoms with Crippen molar-refractivity contribution in [3.8, 4) is 0 Å². The normalized spacial score (nSPS) is 20.0. The highest BCUT2D eigenvalue weighted by atomic mass is 15.1. The zero-order valence-corrected chi connectivity index (χ0v) is 9.93. The number of aromatic amines is 1. The molecule has 1 aliphatic carbocycles. The summed E-state index contributed by atoms with van der Waals surface area (Å²) < 4.78 is 0. The first-order valence-corrected chi connectivity index (χ1v) is 5.74. The van der Waals surface area contributed by atoms with E-state index in [9.17, 15) is 0 Å². The fourth-order valence-corrected chi connectivity index (χ4v) is 2.45. The first-order valence-electron chi connectivity index (χ1n) is 5.74. The van der Waals surface area contributed by atoms with E-state index in [4.69, 9.17) is 5.73 Å². The average Bonchev–Trinajstić information content (AvgIpc) is 2.51. The number of aromatic nitrogens is 2. The van der Waals surface area contributed by atoms with Gasteiger partial charge in [-0.15, -0.1) is 0 Å². The Balaban J connectivity index is 2.40. The van der Waals surface area contributed by atoms with Crippen LogP contribution in [0.25, 0.3) is 0 Å². The highest BCUT2D eigenvalue weighted by Gasteiger charge is 2.41. The SMILES string of the molecule is CC(C)(C)c1[nH]ncc1C1(CN)CCC1. The summed E-state index contributed by atoms with van der Waals surface area (Å²) in [6.45, 7) is 7.39. The molecular weight excluding hydrogens is 186 g/mol. The van der Waals surface area contributed by atoms with Crippen LogP contribution in [0.5, 0.6) is 0 Å². The third-order valence-electron chi connectivity index (χ3n) is 3.66. The van der Waals surface area contributed by atoms with Crippen LogP contribution in [0.3, 0.4) is 0 Å². The second-order valence-electron chi connectivity index (χ2n) is 5.75. The van der Waals surface area contributed by atoms with E-state index in [1.54, 1.807) is 0 Å². The molecule has 0 aliphatic heterocycles. The number of hydrogen-bond acceptors (Lipinski definition) is 2. The molecule has 15 heavy (non-hydrogen) atoms. The largest absolute Gasteiger partial charge is 0.330 e. The monoisotopic (exact) mass is 207 g/mol. The smallest absolute Gasteiger partial charge is 0.0528 e. The van der Waals surface area contributed by atoms with E-state index in [0.717, 1.165) is 6.54 Å². The Morgan fingerprint density at radius 2 is 2.13 bits per heavy atom. The molecule has 0 aromatic carbocycles. The predicted molar refractivity (Wildman–Crippen MR) is 61.9 cm³/mol. The number of H-pyrrole nitrogens is 1. The van der Waals surface area contributed by atoms with E-state index in [1.165, 1.54) is 30.5 Å². The first kappa shape index (κ1) is 10.7. The molecule has 0 radical (unpaired) electrons. The highest BCUT2D eigenvalue weighted by molar-refractivity contribution is 5.34. The number of nitrogens with two attached hydrogens (primary N) is 1. The summed E-state index contributed by atoms with van der Waals surface area (Å²) in [5.74, 6) is 0. The highest BCUT2D eigenvalue weighted by Crippen LogP contribution is 2.45. The van der Waals surface area contributed by atoms with Gasteiger partial charge >= 0.3 is 0 Å². The molecule has 0 spiro atoms. The molecule has 2 rings (SSSR count). The Hall–Kier alpha value is -0.830. The fraction of sp³-hybridized carbons (Fsp3) is 0.750. The molecule has 1 aliphatic rings. The van der Waals surface area contributed by atoms with Crippen LogP contribution >= 0.6 is 0 Å². The summed E-state index contributed by atoms with van der Waals surface area (Å²) in [5, 5.41) is 7.35. The fourth-order valence-electron chi connectivity index (χ4n) is 2.45. The van der Waals surface area contributed by atoms with Crippen LogP contribution in [-0.2, 0) is 10.8 Å². The number of nitrogens with zero attached hydrogens (tertiary/aromatic N) is 1. The van der Waals surface area contributed by atoms with Crippen LogP contribution in [0, 0.1) is 0 Å². The first-order chi connectivity index (χ1) is 6.99. The molecule has 0 unspecified atom stereocenters. The van der Waals surface area contributed by atoms with Gasteiger partial charge in [-0.1, -0.05) is 27.2 Å². The minimum atomic E-state index is 0.129. The number of nitrogens with one attached hydrogen (secondary N) is 1. The van der Waals surface area contributed by atoms with Gasteiger partial charge in [0.1, 0.15) is 0 Å². The molecular formula is C12H21N3. The molecule has 1 aromatic rings. The second-order valence-corrected chi connectivity index (χ2v) is 5.75. The van der Waals surface area contributed by atoms with Crippen LogP contribution < -0.4 is 5.73 Å². The molecule has 1 saturated carbocycles. The molecule has 0 atom stereocenters. The predicted octanol–water partition coefficient (Wildman–Crippen LogP) is 2.09. The molecule has 3 heteroatoms. The van der Waals surface area contributed by atoms with Crippen molar-refractivity contribution in [3.05, 3.63) is 17.5 Å². The van der Waals surface area contributed by atoms with Crippen molar-refractivity contribution in [1.82, 2.24) is 10.2 Å². The number of hydrogen-bond donors (Lipinski definition) is 2. The Morgan fingerprint density at radius 3 is 2.53 bits per heavy atom. The summed E-state index contributed by atoms with van der Waals surface area (Å²) in [7, 11) is 0. The van der Waals surface area contributed by atoms with E-state index >= 15 is 0 Å². The molecule has 1 aromatic heterocycles. The van der Waals surface area contributed by atoms with Crippen LogP contribution in [0.15, 0.2) is 6.20 Å². The molecule has 1 fully saturated rings. The van der Waals surface area contributed by atoms with Gasteiger partial charge in [0.05, 0.1) is 6.20 Å². The van der Waals surface area contributed by atoms with Gasteiger partial charge in [0, 0.05) is 28.6 Å². The summed E-state index contributed by atoms with van der Waals surface area (Å²) in [5.41, 5.74) is 8.88. The summed E-state index contributed by atoms with van der Waals surface area (Å²) >= 11 is 0. The Bertz CT molecular complexity index is 336. The topological polar surface area (TPSA) is 54.7 Å². The van der Waals surface area contributed by atoms with Crippen molar-refractivity contribution in [2.45, 2.75) is 50.9 Å². The average molecular weight is 207 g/mol. The molecule has 0 bridgehead atoms. The maximum atomic E-state index is 5.93. The Labute approximate surface area is 91.4 Å².